The summed E-state index contributed by atoms with van der Waals surface area (Å²) in [4.78, 5) is 11.4. The van der Waals surface area contributed by atoms with E-state index in [1.807, 2.05) is 6.92 Å². The molecule has 1 rings (SSSR count). The molecule has 1 atom stereocenters. The minimum Gasteiger partial charge on any atom is -0.356 e. The van der Waals surface area contributed by atoms with Gasteiger partial charge in [0.25, 0.3) is 0 Å². The van der Waals surface area contributed by atoms with Crippen LogP contribution in [0, 0.1) is 11.3 Å². The molecule has 0 bridgehead atoms. The fraction of sp³-hybridized carbons (Fsp3) is 0.333. The Bertz CT molecular complexity index is 412. The Balaban J connectivity index is 2.76. The van der Waals surface area contributed by atoms with Gasteiger partial charge in [0.05, 0.1) is 12.0 Å². The third-order valence-electron chi connectivity index (χ3n) is 2.17. The molecule has 0 spiro atoms. The molecule has 0 aromatic heterocycles. The van der Waals surface area contributed by atoms with Crippen molar-refractivity contribution in [1.82, 2.24) is 5.32 Å². The molecule has 84 valence electrons. The Morgan fingerprint density at radius 2 is 2.38 bits per heavy atom. The Labute approximate surface area is 100 Å². The van der Waals surface area contributed by atoms with E-state index in [0.717, 1.165) is 5.56 Å². The van der Waals surface area contributed by atoms with Crippen molar-refractivity contribution in [2.75, 3.05) is 6.54 Å². The molecule has 0 saturated carbocycles. The van der Waals surface area contributed by atoms with E-state index in [4.69, 9.17) is 16.9 Å². The topological polar surface area (TPSA) is 52.9 Å². The van der Waals surface area contributed by atoms with Gasteiger partial charge in [0, 0.05) is 18.0 Å². The summed E-state index contributed by atoms with van der Waals surface area (Å²) in [6, 6.07) is 9.16. The molecule has 1 N–H and O–H groups in total. The minimum atomic E-state index is -0.440. The summed E-state index contributed by atoms with van der Waals surface area (Å²) in [6.45, 7) is 2.42. The lowest BCUT2D eigenvalue weighted by atomic mass is 9.97. The SMILES string of the molecule is CCNC(=O)CC(C#N)c1cccc(Cl)c1. The third-order valence-corrected chi connectivity index (χ3v) is 2.41. The van der Waals surface area contributed by atoms with Gasteiger partial charge in [-0.15, -0.1) is 0 Å². The quantitative estimate of drug-likeness (QED) is 0.873. The van der Waals surface area contributed by atoms with Crippen molar-refractivity contribution in [1.29, 1.82) is 5.26 Å². The molecular formula is C12H13ClN2O. The second-order valence-electron chi connectivity index (χ2n) is 3.39. The molecule has 0 aliphatic heterocycles. The number of halogens is 1. The normalized spacial score (nSPS) is 11.6. The zero-order valence-electron chi connectivity index (χ0n) is 9.03. The van der Waals surface area contributed by atoms with Gasteiger partial charge in [-0.3, -0.25) is 4.79 Å². The summed E-state index contributed by atoms with van der Waals surface area (Å²) in [7, 11) is 0. The number of nitrogens with zero attached hydrogens (tertiary/aromatic N) is 1. The van der Waals surface area contributed by atoms with Crippen molar-refractivity contribution >= 4 is 17.5 Å². The fourth-order valence-corrected chi connectivity index (χ4v) is 1.61. The molecular weight excluding hydrogens is 224 g/mol. The first kappa shape index (κ1) is 12.5. The lowest BCUT2D eigenvalue weighted by Gasteiger charge is -2.09. The highest BCUT2D eigenvalue weighted by atomic mass is 35.5. The van der Waals surface area contributed by atoms with E-state index < -0.39 is 5.92 Å². The van der Waals surface area contributed by atoms with Crippen molar-refractivity contribution in [3.63, 3.8) is 0 Å². The molecule has 1 aromatic rings. The maximum atomic E-state index is 11.4. The van der Waals surface area contributed by atoms with E-state index in [1.165, 1.54) is 0 Å². The predicted octanol–water partition coefficient (Wildman–Crippen LogP) is 2.47. The first-order valence-corrected chi connectivity index (χ1v) is 5.47. The largest absolute Gasteiger partial charge is 0.356 e. The van der Waals surface area contributed by atoms with Crippen molar-refractivity contribution in [3.05, 3.63) is 34.9 Å². The van der Waals surface area contributed by atoms with Crippen LogP contribution in [0.15, 0.2) is 24.3 Å². The van der Waals surface area contributed by atoms with Gasteiger partial charge >= 0.3 is 0 Å². The number of hydrogen-bond donors (Lipinski definition) is 1. The molecule has 1 amide bonds. The Kier molecular flexibility index (Phi) is 4.81. The zero-order valence-corrected chi connectivity index (χ0v) is 9.79. The molecule has 0 aliphatic rings. The monoisotopic (exact) mass is 236 g/mol. The van der Waals surface area contributed by atoms with Crippen molar-refractivity contribution in [3.8, 4) is 6.07 Å². The summed E-state index contributed by atoms with van der Waals surface area (Å²) in [5, 5.41) is 12.3. The number of nitriles is 1. The van der Waals surface area contributed by atoms with Crippen LogP contribution in [0.5, 0.6) is 0 Å². The standard InChI is InChI=1S/C12H13ClN2O/c1-2-15-12(16)7-10(8-14)9-4-3-5-11(13)6-9/h3-6,10H,2,7H2,1H3,(H,15,16). The number of nitrogens with one attached hydrogen (secondary N) is 1. The maximum Gasteiger partial charge on any atom is 0.221 e. The van der Waals surface area contributed by atoms with Crippen LogP contribution in [0.25, 0.3) is 0 Å². The van der Waals surface area contributed by atoms with Crippen LogP contribution >= 0.6 is 11.6 Å². The molecule has 0 saturated heterocycles. The van der Waals surface area contributed by atoms with Crippen LogP contribution in [0.3, 0.4) is 0 Å². The van der Waals surface area contributed by atoms with Crippen LogP contribution in [0.4, 0.5) is 0 Å². The number of carbonyl (C=O) groups is 1. The minimum absolute atomic E-state index is 0.117. The molecule has 1 unspecified atom stereocenters. The number of hydrogen-bond acceptors (Lipinski definition) is 2. The van der Waals surface area contributed by atoms with Gasteiger partial charge in [0.15, 0.2) is 0 Å². The first-order valence-electron chi connectivity index (χ1n) is 5.09. The number of benzene rings is 1. The highest BCUT2D eigenvalue weighted by molar-refractivity contribution is 6.30. The predicted molar refractivity (Wildman–Crippen MR) is 63.1 cm³/mol. The van der Waals surface area contributed by atoms with E-state index in [2.05, 4.69) is 11.4 Å². The van der Waals surface area contributed by atoms with Crippen LogP contribution in [0.2, 0.25) is 5.02 Å². The molecule has 16 heavy (non-hydrogen) atoms. The van der Waals surface area contributed by atoms with Crippen molar-refractivity contribution < 1.29 is 4.79 Å². The molecule has 3 nitrogen and oxygen atoms in total. The van der Waals surface area contributed by atoms with Gasteiger partial charge in [-0.1, -0.05) is 23.7 Å². The average molecular weight is 237 g/mol. The molecule has 0 fully saturated rings. The van der Waals surface area contributed by atoms with Gasteiger partial charge in [0.1, 0.15) is 0 Å². The van der Waals surface area contributed by atoms with Crippen LogP contribution < -0.4 is 5.32 Å². The summed E-state index contributed by atoms with van der Waals surface area (Å²) < 4.78 is 0. The van der Waals surface area contributed by atoms with E-state index in [-0.39, 0.29) is 12.3 Å². The van der Waals surface area contributed by atoms with E-state index in [1.54, 1.807) is 24.3 Å². The molecule has 4 heteroatoms. The number of rotatable bonds is 4. The maximum absolute atomic E-state index is 11.4. The average Bonchev–Trinajstić information content (AvgIpc) is 2.26. The van der Waals surface area contributed by atoms with E-state index in [9.17, 15) is 4.79 Å². The van der Waals surface area contributed by atoms with Crippen molar-refractivity contribution in [2.24, 2.45) is 0 Å². The summed E-state index contributed by atoms with van der Waals surface area (Å²) in [5.74, 6) is -0.556. The fourth-order valence-electron chi connectivity index (χ4n) is 1.42. The highest BCUT2D eigenvalue weighted by Crippen LogP contribution is 2.21. The lowest BCUT2D eigenvalue weighted by Crippen LogP contribution is -2.24. The second kappa shape index (κ2) is 6.14. The second-order valence-corrected chi connectivity index (χ2v) is 3.83. The lowest BCUT2D eigenvalue weighted by molar-refractivity contribution is -0.121. The van der Waals surface area contributed by atoms with Gasteiger partial charge in [-0.05, 0) is 24.6 Å². The molecule has 1 aromatic carbocycles. The van der Waals surface area contributed by atoms with Crippen molar-refractivity contribution in [2.45, 2.75) is 19.3 Å². The Morgan fingerprint density at radius 3 is 2.94 bits per heavy atom. The van der Waals surface area contributed by atoms with E-state index >= 15 is 0 Å². The molecule has 0 heterocycles. The number of amides is 1. The summed E-state index contributed by atoms with van der Waals surface area (Å²) >= 11 is 5.83. The first-order chi connectivity index (χ1) is 7.67. The van der Waals surface area contributed by atoms with Gasteiger partial charge in [-0.2, -0.15) is 5.26 Å². The number of carbonyl (C=O) groups excluding carboxylic acids is 1. The summed E-state index contributed by atoms with van der Waals surface area (Å²) in [5.41, 5.74) is 0.779. The Morgan fingerprint density at radius 1 is 1.62 bits per heavy atom. The van der Waals surface area contributed by atoms with E-state index in [0.29, 0.717) is 11.6 Å². The summed E-state index contributed by atoms with van der Waals surface area (Å²) in [6.07, 6.45) is 0.171. The Hall–Kier alpha value is -1.53. The van der Waals surface area contributed by atoms with Gasteiger partial charge in [-0.25, -0.2) is 0 Å². The van der Waals surface area contributed by atoms with Crippen LogP contribution in [-0.2, 0) is 4.79 Å². The smallest absolute Gasteiger partial charge is 0.221 e. The third kappa shape index (κ3) is 3.56. The highest BCUT2D eigenvalue weighted by Gasteiger charge is 2.15. The van der Waals surface area contributed by atoms with Gasteiger partial charge < -0.3 is 5.32 Å². The molecule has 0 radical (unpaired) electrons. The van der Waals surface area contributed by atoms with Crippen LogP contribution in [0.1, 0.15) is 24.8 Å². The molecule has 0 aliphatic carbocycles. The zero-order chi connectivity index (χ0) is 12.0. The van der Waals surface area contributed by atoms with Gasteiger partial charge in [0.2, 0.25) is 5.91 Å². The van der Waals surface area contributed by atoms with Crippen LogP contribution in [-0.4, -0.2) is 12.5 Å².